The molecule has 0 aliphatic rings. The van der Waals surface area contributed by atoms with Gasteiger partial charge in [-0.3, -0.25) is 9.36 Å². The summed E-state index contributed by atoms with van der Waals surface area (Å²) in [7, 11) is 2.03. The van der Waals surface area contributed by atoms with Crippen molar-refractivity contribution in [1.29, 1.82) is 0 Å². The van der Waals surface area contributed by atoms with E-state index in [9.17, 15) is 4.79 Å². The van der Waals surface area contributed by atoms with Gasteiger partial charge >= 0.3 is 0 Å². The molecule has 0 bridgehead atoms. The Labute approximate surface area is 186 Å². The van der Waals surface area contributed by atoms with Crippen molar-refractivity contribution in [2.75, 3.05) is 11.9 Å². The van der Waals surface area contributed by atoms with Gasteiger partial charge in [0.25, 0.3) is 5.56 Å². The molecule has 0 aliphatic carbocycles. The van der Waals surface area contributed by atoms with Crippen LogP contribution in [0.3, 0.4) is 0 Å². The normalized spacial score (nSPS) is 11.1. The average Bonchev–Trinajstić information content (AvgIpc) is 2.77. The van der Waals surface area contributed by atoms with Gasteiger partial charge in [0, 0.05) is 41.4 Å². The molecule has 0 atom stereocenters. The molecule has 2 aromatic heterocycles. The maximum absolute atomic E-state index is 12.7. The summed E-state index contributed by atoms with van der Waals surface area (Å²) in [6.45, 7) is 4.63. The first-order valence-corrected chi connectivity index (χ1v) is 10.5. The third-order valence-electron chi connectivity index (χ3n) is 5.28. The smallest absolute Gasteiger partial charge is 0.258 e. The van der Waals surface area contributed by atoms with Crippen LogP contribution in [0, 0.1) is 0 Å². The van der Waals surface area contributed by atoms with E-state index in [1.54, 1.807) is 16.8 Å². The molecule has 0 amide bonds. The Morgan fingerprint density at radius 3 is 2.52 bits per heavy atom. The largest absolute Gasteiger partial charge is 0.489 e. The summed E-state index contributed by atoms with van der Waals surface area (Å²) in [5.74, 6) is 1.45. The van der Waals surface area contributed by atoms with Crippen molar-refractivity contribution in [3.63, 3.8) is 0 Å². The highest BCUT2D eigenvalue weighted by Crippen LogP contribution is 2.22. The van der Waals surface area contributed by atoms with Crippen LogP contribution in [0.5, 0.6) is 5.75 Å². The minimum atomic E-state index is -0.155. The lowest BCUT2D eigenvalue weighted by molar-refractivity contribution is 0.305. The first kappa shape index (κ1) is 20.9. The summed E-state index contributed by atoms with van der Waals surface area (Å²) in [5.41, 5.74) is 2.51. The molecule has 6 heteroatoms. The van der Waals surface area contributed by atoms with Crippen LogP contribution >= 0.6 is 11.6 Å². The van der Waals surface area contributed by atoms with Gasteiger partial charge in [0.15, 0.2) is 0 Å². The van der Waals surface area contributed by atoms with Crippen LogP contribution in [0.2, 0.25) is 5.02 Å². The van der Waals surface area contributed by atoms with E-state index in [4.69, 9.17) is 21.3 Å². The molecule has 4 aromatic rings. The number of fused-ring (bicyclic) bond motifs is 1. The van der Waals surface area contributed by atoms with Gasteiger partial charge in [-0.1, -0.05) is 23.7 Å². The molecule has 2 aromatic carbocycles. The zero-order valence-corrected chi connectivity index (χ0v) is 18.5. The molecule has 4 rings (SSSR count). The maximum Gasteiger partial charge on any atom is 0.258 e. The molecule has 0 fully saturated rings. The fourth-order valence-corrected chi connectivity index (χ4v) is 3.35. The number of anilines is 1. The van der Waals surface area contributed by atoms with Gasteiger partial charge in [0.2, 0.25) is 0 Å². The second kappa shape index (κ2) is 8.82. The molecule has 0 saturated heterocycles. The van der Waals surface area contributed by atoms with Crippen molar-refractivity contribution in [3.8, 4) is 11.4 Å². The highest BCUT2D eigenvalue weighted by molar-refractivity contribution is 6.30. The number of nitrogens with zero attached hydrogens (tertiary/aromatic N) is 3. The zero-order chi connectivity index (χ0) is 22.0. The third kappa shape index (κ3) is 4.72. The third-order valence-corrected chi connectivity index (χ3v) is 5.53. The minimum absolute atomic E-state index is 0.155. The van der Waals surface area contributed by atoms with Gasteiger partial charge in [-0.2, -0.15) is 0 Å². The molecule has 0 saturated carbocycles. The Morgan fingerprint density at radius 1 is 1.03 bits per heavy atom. The summed E-state index contributed by atoms with van der Waals surface area (Å²) in [6, 6.07) is 20.9. The Bertz CT molecular complexity index is 1270. The van der Waals surface area contributed by atoms with E-state index in [2.05, 4.69) is 18.7 Å². The van der Waals surface area contributed by atoms with Gasteiger partial charge in [-0.25, -0.2) is 4.98 Å². The number of aromatic nitrogens is 2. The second-order valence-electron chi connectivity index (χ2n) is 7.74. The van der Waals surface area contributed by atoms with Crippen molar-refractivity contribution >= 4 is 28.3 Å². The molecule has 0 radical (unpaired) electrons. The van der Waals surface area contributed by atoms with Crippen LogP contribution in [0.4, 0.5) is 5.82 Å². The summed E-state index contributed by atoms with van der Waals surface area (Å²) in [5, 5.41) is 1.66. The highest BCUT2D eigenvalue weighted by atomic mass is 35.5. The van der Waals surface area contributed by atoms with Crippen LogP contribution in [-0.2, 0) is 6.61 Å². The fraction of sp³-hybridized carbons (Fsp3) is 0.200. The number of hydrogen-bond donors (Lipinski definition) is 0. The second-order valence-corrected chi connectivity index (χ2v) is 8.17. The molecule has 2 heterocycles. The number of halogens is 1. The van der Waals surface area contributed by atoms with Gasteiger partial charge in [-0.15, -0.1) is 0 Å². The van der Waals surface area contributed by atoms with Crippen molar-refractivity contribution in [2.45, 2.75) is 26.5 Å². The number of hydrogen-bond acceptors (Lipinski definition) is 4. The molecule has 0 aliphatic heterocycles. The van der Waals surface area contributed by atoms with Crippen molar-refractivity contribution in [1.82, 2.24) is 9.55 Å². The SMILES string of the molecule is CC(C)N(C)c1ccc2cc(-n3ccc(OCc4ccc(Cl)cc4)cc3=O)ccc2n1. The topological polar surface area (TPSA) is 47.4 Å². The lowest BCUT2D eigenvalue weighted by Crippen LogP contribution is -2.26. The summed E-state index contributed by atoms with van der Waals surface area (Å²) < 4.78 is 7.36. The first-order valence-electron chi connectivity index (χ1n) is 10.1. The van der Waals surface area contributed by atoms with E-state index < -0.39 is 0 Å². The number of pyridine rings is 2. The minimum Gasteiger partial charge on any atom is -0.489 e. The van der Waals surface area contributed by atoms with E-state index in [1.807, 2.05) is 61.6 Å². The van der Waals surface area contributed by atoms with Crippen LogP contribution in [0.15, 0.2) is 77.7 Å². The molecule has 31 heavy (non-hydrogen) atoms. The molecular formula is C25H24ClN3O2. The number of ether oxygens (including phenoxy) is 1. The molecular weight excluding hydrogens is 410 g/mol. The quantitative estimate of drug-likeness (QED) is 0.405. The first-order chi connectivity index (χ1) is 14.9. The van der Waals surface area contributed by atoms with Crippen LogP contribution < -0.4 is 15.2 Å². The molecule has 0 N–H and O–H groups in total. The standard InChI is InChI=1S/C25H24ClN3O2/c1-17(2)28(3)24-11-6-19-14-21(9-10-23(19)27-24)29-13-12-22(15-25(29)30)31-16-18-4-7-20(26)8-5-18/h4-15,17H,16H2,1-3H3. The van der Waals surface area contributed by atoms with E-state index >= 15 is 0 Å². The van der Waals surface area contributed by atoms with Crippen molar-refractivity contribution in [3.05, 3.63) is 93.9 Å². The molecule has 0 unspecified atom stereocenters. The van der Waals surface area contributed by atoms with Gasteiger partial charge in [0.1, 0.15) is 18.2 Å². The molecule has 158 valence electrons. The Morgan fingerprint density at radius 2 is 1.81 bits per heavy atom. The van der Waals surface area contributed by atoms with E-state index in [-0.39, 0.29) is 5.56 Å². The lowest BCUT2D eigenvalue weighted by atomic mass is 10.2. The van der Waals surface area contributed by atoms with E-state index in [1.165, 1.54) is 6.07 Å². The van der Waals surface area contributed by atoms with Crippen molar-refractivity contribution < 1.29 is 4.74 Å². The van der Waals surface area contributed by atoms with Gasteiger partial charge in [-0.05, 0) is 67.9 Å². The Hall–Kier alpha value is -3.31. The summed E-state index contributed by atoms with van der Waals surface area (Å²) >= 11 is 5.90. The predicted octanol–water partition coefficient (Wildman–Crippen LogP) is 5.46. The fourth-order valence-electron chi connectivity index (χ4n) is 3.22. The maximum atomic E-state index is 12.7. The number of benzene rings is 2. The summed E-state index contributed by atoms with van der Waals surface area (Å²) in [6.07, 6.45) is 1.73. The monoisotopic (exact) mass is 433 g/mol. The van der Waals surface area contributed by atoms with Crippen LogP contribution in [0.1, 0.15) is 19.4 Å². The van der Waals surface area contributed by atoms with E-state index in [0.717, 1.165) is 28.0 Å². The summed E-state index contributed by atoms with van der Waals surface area (Å²) in [4.78, 5) is 19.6. The van der Waals surface area contributed by atoms with Gasteiger partial charge < -0.3 is 9.64 Å². The van der Waals surface area contributed by atoms with Crippen molar-refractivity contribution in [2.24, 2.45) is 0 Å². The average molecular weight is 434 g/mol. The highest BCUT2D eigenvalue weighted by Gasteiger charge is 2.09. The molecule has 0 spiro atoms. The van der Waals surface area contributed by atoms with Crippen LogP contribution in [-0.4, -0.2) is 22.6 Å². The molecule has 5 nitrogen and oxygen atoms in total. The zero-order valence-electron chi connectivity index (χ0n) is 17.7. The predicted molar refractivity (Wildman–Crippen MR) is 127 cm³/mol. The van der Waals surface area contributed by atoms with Gasteiger partial charge in [0.05, 0.1) is 5.52 Å². The lowest BCUT2D eigenvalue weighted by Gasteiger charge is -2.22. The Kier molecular flexibility index (Phi) is 5.96. The Balaban J connectivity index is 1.55. The number of rotatable bonds is 6. The van der Waals surface area contributed by atoms with Crippen LogP contribution in [0.25, 0.3) is 16.6 Å². The van der Waals surface area contributed by atoms with E-state index in [0.29, 0.717) is 23.4 Å².